The second-order valence-corrected chi connectivity index (χ2v) is 7.64. The number of hydrogen-bond donors (Lipinski definition) is 2. The van der Waals surface area contributed by atoms with E-state index in [0.717, 1.165) is 19.3 Å². The quantitative estimate of drug-likeness (QED) is 0.833. The molecule has 0 spiro atoms. The van der Waals surface area contributed by atoms with Crippen LogP contribution in [0, 0.1) is 5.92 Å². The molecule has 2 aliphatic rings. The van der Waals surface area contributed by atoms with E-state index in [-0.39, 0.29) is 18.6 Å². The fourth-order valence-electron chi connectivity index (χ4n) is 3.14. The van der Waals surface area contributed by atoms with Gasteiger partial charge in [-0.25, -0.2) is 13.1 Å². The van der Waals surface area contributed by atoms with Gasteiger partial charge >= 0.3 is 0 Å². The van der Waals surface area contributed by atoms with Crippen LogP contribution in [0.4, 0.5) is 0 Å². The van der Waals surface area contributed by atoms with Crippen LogP contribution in [0.2, 0.25) is 0 Å². The first-order chi connectivity index (χ1) is 10.1. The van der Waals surface area contributed by atoms with Crippen LogP contribution in [0.3, 0.4) is 0 Å². The van der Waals surface area contributed by atoms with Gasteiger partial charge in [0.05, 0.1) is 4.90 Å². The lowest BCUT2D eigenvalue weighted by Crippen LogP contribution is -2.33. The van der Waals surface area contributed by atoms with E-state index in [0.29, 0.717) is 11.3 Å². The second kappa shape index (κ2) is 5.91. The molecule has 2 N–H and O–H groups in total. The Morgan fingerprint density at radius 3 is 2.62 bits per heavy atom. The van der Waals surface area contributed by atoms with Gasteiger partial charge in [-0.05, 0) is 55.4 Å². The molecule has 3 rings (SSSR count). The fraction of sp³-hybridized carbons (Fsp3) is 0.500. The van der Waals surface area contributed by atoms with Crippen LogP contribution in [0.5, 0.6) is 0 Å². The number of aliphatic hydroxyl groups is 1. The van der Waals surface area contributed by atoms with Crippen molar-refractivity contribution < 1.29 is 13.5 Å². The minimum atomic E-state index is -3.49. The Balaban J connectivity index is 1.77. The van der Waals surface area contributed by atoms with E-state index in [4.69, 9.17) is 5.11 Å². The summed E-state index contributed by atoms with van der Waals surface area (Å²) < 4.78 is 27.6. The molecule has 5 heteroatoms. The molecule has 114 valence electrons. The molecule has 0 unspecified atom stereocenters. The minimum Gasteiger partial charge on any atom is -0.396 e. The Morgan fingerprint density at radius 2 is 1.90 bits per heavy atom. The molecule has 0 aromatic heterocycles. The van der Waals surface area contributed by atoms with Crippen molar-refractivity contribution in [2.75, 3.05) is 6.61 Å². The summed E-state index contributed by atoms with van der Waals surface area (Å²) in [5, 5.41) is 9.10. The predicted molar refractivity (Wildman–Crippen MR) is 81.5 cm³/mol. The summed E-state index contributed by atoms with van der Waals surface area (Å²) in [6, 6.07) is 5.25. The SMILES string of the molecule is O=S(=O)(N[C@@H]1C=C[C@H](CO)C1)c1ccc2c(c1)CCCC2. The van der Waals surface area contributed by atoms with E-state index in [1.165, 1.54) is 17.5 Å². The van der Waals surface area contributed by atoms with Crippen molar-refractivity contribution in [3.8, 4) is 0 Å². The summed E-state index contributed by atoms with van der Waals surface area (Å²) >= 11 is 0. The topological polar surface area (TPSA) is 66.4 Å². The van der Waals surface area contributed by atoms with Crippen molar-refractivity contribution in [2.24, 2.45) is 5.92 Å². The van der Waals surface area contributed by atoms with E-state index >= 15 is 0 Å². The highest BCUT2D eigenvalue weighted by molar-refractivity contribution is 7.89. The maximum absolute atomic E-state index is 12.5. The van der Waals surface area contributed by atoms with Crippen LogP contribution in [0.1, 0.15) is 30.4 Å². The summed E-state index contributed by atoms with van der Waals surface area (Å²) in [6.45, 7) is 0.0631. The van der Waals surface area contributed by atoms with E-state index in [1.54, 1.807) is 6.07 Å². The van der Waals surface area contributed by atoms with Crippen LogP contribution < -0.4 is 4.72 Å². The monoisotopic (exact) mass is 307 g/mol. The minimum absolute atomic E-state index is 0.0567. The molecule has 0 radical (unpaired) electrons. The molecule has 0 aliphatic heterocycles. The lowest BCUT2D eigenvalue weighted by Gasteiger charge is -2.18. The van der Waals surface area contributed by atoms with Gasteiger partial charge in [0.25, 0.3) is 0 Å². The number of aliphatic hydroxyl groups excluding tert-OH is 1. The summed E-state index contributed by atoms with van der Waals surface area (Å²) in [7, 11) is -3.49. The van der Waals surface area contributed by atoms with Crippen LogP contribution in [0.15, 0.2) is 35.2 Å². The zero-order chi connectivity index (χ0) is 14.9. The molecule has 0 fully saturated rings. The van der Waals surface area contributed by atoms with Gasteiger partial charge in [0, 0.05) is 18.6 Å². The average molecular weight is 307 g/mol. The number of sulfonamides is 1. The highest BCUT2D eigenvalue weighted by Crippen LogP contribution is 2.25. The number of benzene rings is 1. The first-order valence-electron chi connectivity index (χ1n) is 7.52. The van der Waals surface area contributed by atoms with E-state index in [9.17, 15) is 8.42 Å². The standard InChI is InChI=1S/C16H21NO3S/c18-11-12-5-7-15(9-12)17-21(19,20)16-8-6-13-3-1-2-4-14(13)10-16/h5-8,10,12,15,17-18H,1-4,9,11H2/t12-,15+/m0/s1. The largest absolute Gasteiger partial charge is 0.396 e. The van der Waals surface area contributed by atoms with Gasteiger partial charge in [0.1, 0.15) is 0 Å². The van der Waals surface area contributed by atoms with Gasteiger partial charge < -0.3 is 5.11 Å². The lowest BCUT2D eigenvalue weighted by molar-refractivity contribution is 0.248. The van der Waals surface area contributed by atoms with E-state index in [2.05, 4.69) is 4.72 Å². The molecule has 0 bridgehead atoms. The molecule has 21 heavy (non-hydrogen) atoms. The smallest absolute Gasteiger partial charge is 0.241 e. The zero-order valence-corrected chi connectivity index (χ0v) is 12.8. The summed E-state index contributed by atoms with van der Waals surface area (Å²) in [4.78, 5) is 0.351. The Kier molecular flexibility index (Phi) is 4.15. The third-order valence-corrected chi connectivity index (χ3v) is 5.83. The first-order valence-corrected chi connectivity index (χ1v) is 9.00. The summed E-state index contributed by atoms with van der Waals surface area (Å²) in [6.07, 6.45) is 8.67. The van der Waals surface area contributed by atoms with Crippen molar-refractivity contribution in [3.63, 3.8) is 0 Å². The molecule has 1 aromatic carbocycles. The highest BCUT2D eigenvalue weighted by atomic mass is 32.2. The van der Waals surface area contributed by atoms with Gasteiger partial charge in [-0.3, -0.25) is 0 Å². The van der Waals surface area contributed by atoms with Gasteiger partial charge in [0.15, 0.2) is 0 Å². The summed E-state index contributed by atoms with van der Waals surface area (Å²) in [5.74, 6) is 0.0567. The second-order valence-electron chi connectivity index (χ2n) is 5.93. The van der Waals surface area contributed by atoms with Crippen molar-refractivity contribution >= 4 is 10.0 Å². The number of aryl methyl sites for hydroxylation is 2. The predicted octanol–water partition coefficient (Wildman–Crippen LogP) is 1.78. The highest BCUT2D eigenvalue weighted by Gasteiger charge is 2.25. The first kappa shape index (κ1) is 14.8. The molecule has 0 heterocycles. The van der Waals surface area contributed by atoms with E-state index in [1.807, 2.05) is 24.3 Å². The zero-order valence-electron chi connectivity index (χ0n) is 12.0. The third kappa shape index (κ3) is 3.20. The van der Waals surface area contributed by atoms with Crippen molar-refractivity contribution in [3.05, 3.63) is 41.5 Å². The van der Waals surface area contributed by atoms with Gasteiger partial charge in [-0.2, -0.15) is 0 Å². The van der Waals surface area contributed by atoms with Gasteiger partial charge in [-0.1, -0.05) is 18.2 Å². The van der Waals surface area contributed by atoms with Crippen LogP contribution >= 0.6 is 0 Å². The number of nitrogens with one attached hydrogen (secondary N) is 1. The molecular weight excluding hydrogens is 286 g/mol. The molecule has 0 saturated heterocycles. The Labute approximate surface area is 125 Å². The molecular formula is C16H21NO3S. The number of fused-ring (bicyclic) bond motifs is 1. The normalized spacial score (nSPS) is 25.0. The van der Waals surface area contributed by atoms with Gasteiger partial charge in [0.2, 0.25) is 10.0 Å². The average Bonchev–Trinajstić information content (AvgIpc) is 2.93. The van der Waals surface area contributed by atoms with Crippen molar-refractivity contribution in [2.45, 2.75) is 43.0 Å². The molecule has 2 atom stereocenters. The van der Waals surface area contributed by atoms with Crippen molar-refractivity contribution in [1.82, 2.24) is 4.72 Å². The number of rotatable bonds is 4. The molecule has 0 amide bonds. The maximum Gasteiger partial charge on any atom is 0.241 e. The Hall–Kier alpha value is -1.17. The molecule has 4 nitrogen and oxygen atoms in total. The molecule has 0 saturated carbocycles. The summed E-state index contributed by atoms with van der Waals surface area (Å²) in [5.41, 5.74) is 2.45. The Morgan fingerprint density at radius 1 is 1.14 bits per heavy atom. The fourth-order valence-corrected chi connectivity index (χ4v) is 4.40. The van der Waals surface area contributed by atoms with Crippen LogP contribution in [-0.4, -0.2) is 26.2 Å². The molecule has 2 aliphatic carbocycles. The third-order valence-electron chi connectivity index (χ3n) is 4.34. The number of hydrogen-bond acceptors (Lipinski definition) is 3. The van der Waals surface area contributed by atoms with Crippen molar-refractivity contribution in [1.29, 1.82) is 0 Å². The van der Waals surface area contributed by atoms with E-state index < -0.39 is 10.0 Å². The lowest BCUT2D eigenvalue weighted by atomic mass is 9.92. The maximum atomic E-state index is 12.5. The van der Waals surface area contributed by atoms with Crippen LogP contribution in [-0.2, 0) is 22.9 Å². The Bertz CT molecular complexity index is 651. The van der Waals surface area contributed by atoms with Gasteiger partial charge in [-0.15, -0.1) is 0 Å². The molecule has 1 aromatic rings. The van der Waals surface area contributed by atoms with Crippen LogP contribution in [0.25, 0.3) is 0 Å².